The Bertz CT molecular complexity index is 1380. The number of halogens is 2. The van der Waals surface area contributed by atoms with E-state index in [-0.39, 0.29) is 5.82 Å². The number of imidazole rings is 1. The van der Waals surface area contributed by atoms with Crippen LogP contribution in [0.1, 0.15) is 17.0 Å². The lowest BCUT2D eigenvalue weighted by molar-refractivity contribution is 0.537. The molecule has 5 rings (SSSR count). The molecule has 0 saturated heterocycles. The van der Waals surface area contributed by atoms with Gasteiger partial charge in [-0.2, -0.15) is 0 Å². The molecule has 3 heterocycles. The second-order valence-electron chi connectivity index (χ2n) is 7.22. The fourth-order valence-electron chi connectivity index (χ4n) is 3.45. The van der Waals surface area contributed by atoms with Crippen LogP contribution in [0.15, 0.2) is 76.6 Å². The van der Waals surface area contributed by atoms with Crippen LogP contribution >= 0.6 is 23.4 Å². The van der Waals surface area contributed by atoms with E-state index in [0.29, 0.717) is 28.8 Å². The maximum atomic E-state index is 14.3. The van der Waals surface area contributed by atoms with Gasteiger partial charge in [0.15, 0.2) is 5.16 Å². The monoisotopic (exact) mass is 464 g/mol. The highest BCUT2D eigenvalue weighted by molar-refractivity contribution is 7.98. The topological polar surface area (TPSA) is 56.7 Å². The molecule has 3 aromatic heterocycles. The molecular weight excluding hydrogens is 447 g/mol. The number of thioether (sulfide) groups is 1. The van der Waals surface area contributed by atoms with Crippen molar-refractivity contribution in [3.05, 3.63) is 94.8 Å². The molecule has 0 bridgehead atoms. The third-order valence-electron chi connectivity index (χ3n) is 5.14. The molecule has 0 saturated carbocycles. The van der Waals surface area contributed by atoms with E-state index in [1.807, 2.05) is 47.9 Å². The first-order valence-electron chi connectivity index (χ1n) is 9.98. The highest BCUT2D eigenvalue weighted by atomic mass is 35.5. The number of benzene rings is 2. The van der Waals surface area contributed by atoms with E-state index in [4.69, 9.17) is 26.0 Å². The average molecular weight is 465 g/mol. The fourth-order valence-corrected chi connectivity index (χ4v) is 4.80. The first-order chi connectivity index (χ1) is 15.6. The van der Waals surface area contributed by atoms with Crippen LogP contribution in [0.25, 0.3) is 22.5 Å². The molecule has 32 heavy (non-hydrogen) atoms. The van der Waals surface area contributed by atoms with Gasteiger partial charge in [0.25, 0.3) is 0 Å². The van der Waals surface area contributed by atoms with Crippen LogP contribution in [-0.4, -0.2) is 19.5 Å². The molecule has 0 atom stereocenters. The quantitative estimate of drug-likeness (QED) is 0.267. The minimum Gasteiger partial charge on any atom is -0.441 e. The van der Waals surface area contributed by atoms with Crippen LogP contribution in [0.5, 0.6) is 0 Å². The van der Waals surface area contributed by atoms with Crippen LogP contribution in [0.3, 0.4) is 0 Å². The number of nitrogens with zero attached hydrogens (tertiary/aromatic N) is 4. The molecule has 0 radical (unpaired) electrons. The minimum absolute atomic E-state index is 0.325. The van der Waals surface area contributed by atoms with Gasteiger partial charge in [-0.3, -0.25) is 4.98 Å². The summed E-state index contributed by atoms with van der Waals surface area (Å²) in [7, 11) is 0. The average Bonchev–Trinajstić information content (AvgIpc) is 3.35. The van der Waals surface area contributed by atoms with Crippen molar-refractivity contribution in [1.82, 2.24) is 19.5 Å². The lowest BCUT2D eigenvalue weighted by atomic mass is 10.2. The zero-order valence-electron chi connectivity index (χ0n) is 17.1. The molecule has 8 heteroatoms. The van der Waals surface area contributed by atoms with E-state index in [9.17, 15) is 4.39 Å². The Labute approximate surface area is 193 Å². The van der Waals surface area contributed by atoms with Gasteiger partial charge in [0.2, 0.25) is 5.89 Å². The van der Waals surface area contributed by atoms with E-state index in [0.717, 1.165) is 33.2 Å². The molecule has 0 aliphatic rings. The zero-order chi connectivity index (χ0) is 22.1. The number of aromatic nitrogens is 4. The smallest absolute Gasteiger partial charge is 0.226 e. The Balaban J connectivity index is 1.49. The van der Waals surface area contributed by atoms with Crippen molar-refractivity contribution in [2.45, 2.75) is 24.4 Å². The Morgan fingerprint density at radius 1 is 1.06 bits per heavy atom. The summed E-state index contributed by atoms with van der Waals surface area (Å²) in [6.45, 7) is 2.36. The number of aryl methyl sites for hydroxylation is 1. The summed E-state index contributed by atoms with van der Waals surface area (Å²) in [6.07, 6.45) is 3.48. The predicted molar refractivity (Wildman–Crippen MR) is 124 cm³/mol. The maximum Gasteiger partial charge on any atom is 0.226 e. The first kappa shape index (κ1) is 20.7. The van der Waals surface area contributed by atoms with Crippen molar-refractivity contribution in [2.24, 2.45) is 0 Å². The van der Waals surface area contributed by atoms with E-state index in [1.165, 1.54) is 17.8 Å². The Morgan fingerprint density at radius 2 is 1.91 bits per heavy atom. The van der Waals surface area contributed by atoms with Crippen molar-refractivity contribution in [3.8, 4) is 11.5 Å². The van der Waals surface area contributed by atoms with E-state index >= 15 is 0 Å². The van der Waals surface area contributed by atoms with Crippen molar-refractivity contribution >= 4 is 34.4 Å². The SMILES string of the molecule is Cc1oc(-c2ccccc2)nc1Cn1c(SCc2c(F)cccc2Cl)nc2ccncc21. The third-order valence-corrected chi connectivity index (χ3v) is 6.50. The number of hydrogen-bond acceptors (Lipinski definition) is 5. The van der Waals surface area contributed by atoms with Gasteiger partial charge < -0.3 is 8.98 Å². The molecule has 0 aliphatic heterocycles. The summed E-state index contributed by atoms with van der Waals surface area (Å²) in [6, 6.07) is 16.3. The molecule has 5 nitrogen and oxygen atoms in total. The van der Waals surface area contributed by atoms with E-state index < -0.39 is 0 Å². The number of pyridine rings is 1. The summed E-state index contributed by atoms with van der Waals surface area (Å²) in [5, 5.41) is 1.14. The molecule has 0 aliphatic carbocycles. The van der Waals surface area contributed by atoms with Gasteiger partial charge in [0.05, 0.1) is 23.8 Å². The summed E-state index contributed by atoms with van der Waals surface area (Å²) >= 11 is 7.64. The Morgan fingerprint density at radius 3 is 2.72 bits per heavy atom. The van der Waals surface area contributed by atoms with Crippen molar-refractivity contribution in [3.63, 3.8) is 0 Å². The lowest BCUT2D eigenvalue weighted by Crippen LogP contribution is -2.04. The number of hydrogen-bond donors (Lipinski definition) is 0. The van der Waals surface area contributed by atoms with Crippen LogP contribution in [-0.2, 0) is 12.3 Å². The highest BCUT2D eigenvalue weighted by Crippen LogP contribution is 2.31. The Kier molecular flexibility index (Phi) is 5.68. The molecule has 160 valence electrons. The molecule has 0 unspecified atom stereocenters. The molecule has 0 spiro atoms. The van der Waals surface area contributed by atoms with E-state index in [2.05, 4.69) is 4.98 Å². The lowest BCUT2D eigenvalue weighted by Gasteiger charge is -2.09. The molecule has 2 aromatic carbocycles. The number of oxazole rings is 1. The summed E-state index contributed by atoms with van der Waals surface area (Å²) in [5.41, 5.74) is 3.87. The van der Waals surface area contributed by atoms with Gasteiger partial charge in [-0.25, -0.2) is 14.4 Å². The molecule has 0 fully saturated rings. The maximum absolute atomic E-state index is 14.3. The predicted octanol–water partition coefficient (Wildman–Crippen LogP) is 6.53. The molecular formula is C24H18ClFN4OS. The van der Waals surface area contributed by atoms with Crippen LogP contribution < -0.4 is 0 Å². The first-order valence-corrected chi connectivity index (χ1v) is 11.3. The highest BCUT2D eigenvalue weighted by Gasteiger charge is 2.18. The molecule has 0 amide bonds. The summed E-state index contributed by atoms with van der Waals surface area (Å²) < 4.78 is 22.2. The third kappa shape index (κ3) is 4.01. The Hall–Kier alpha value is -3.16. The molecule has 0 N–H and O–H groups in total. The fraction of sp³-hybridized carbons (Fsp3) is 0.125. The van der Waals surface area contributed by atoms with Crippen LogP contribution in [0.2, 0.25) is 5.02 Å². The van der Waals surface area contributed by atoms with E-state index in [1.54, 1.807) is 24.5 Å². The van der Waals surface area contributed by atoms with Gasteiger partial charge >= 0.3 is 0 Å². The summed E-state index contributed by atoms with van der Waals surface area (Å²) in [4.78, 5) is 13.7. The van der Waals surface area contributed by atoms with Gasteiger partial charge in [0, 0.05) is 28.1 Å². The number of rotatable bonds is 6. The van der Waals surface area contributed by atoms with Gasteiger partial charge in [-0.15, -0.1) is 0 Å². The van der Waals surface area contributed by atoms with Crippen molar-refractivity contribution < 1.29 is 8.81 Å². The van der Waals surface area contributed by atoms with Gasteiger partial charge in [0.1, 0.15) is 17.3 Å². The molecule has 5 aromatic rings. The standard InChI is InChI=1S/C24H18ClFN4OS/c1-15-21(28-23(31-15)16-6-3-2-4-7-16)13-30-22-12-27-11-10-20(22)29-24(30)32-14-17-18(25)8-5-9-19(17)26/h2-12H,13-14H2,1H3. The van der Waals surface area contributed by atoms with Crippen molar-refractivity contribution in [2.75, 3.05) is 0 Å². The normalized spacial score (nSPS) is 11.3. The second kappa shape index (κ2) is 8.76. The van der Waals surface area contributed by atoms with Crippen LogP contribution in [0.4, 0.5) is 4.39 Å². The summed E-state index contributed by atoms with van der Waals surface area (Å²) in [5.74, 6) is 1.35. The van der Waals surface area contributed by atoms with Crippen molar-refractivity contribution in [1.29, 1.82) is 0 Å². The largest absolute Gasteiger partial charge is 0.441 e. The van der Waals surface area contributed by atoms with Crippen LogP contribution in [0, 0.1) is 12.7 Å². The van der Waals surface area contributed by atoms with Gasteiger partial charge in [-0.1, -0.05) is 47.6 Å². The zero-order valence-corrected chi connectivity index (χ0v) is 18.7. The second-order valence-corrected chi connectivity index (χ2v) is 8.57. The van der Waals surface area contributed by atoms with Gasteiger partial charge in [-0.05, 0) is 37.3 Å². The number of fused-ring (bicyclic) bond motifs is 1. The minimum atomic E-state index is -0.325.